The molecule has 1 aromatic rings. The minimum Gasteiger partial charge on any atom is -0.357 e. The van der Waals surface area contributed by atoms with Crippen molar-refractivity contribution in [3.8, 4) is 0 Å². The molecule has 1 heteroatoms. The van der Waals surface area contributed by atoms with Gasteiger partial charge < -0.3 is 4.90 Å². The third kappa shape index (κ3) is 1.45. The molecule has 0 N–H and O–H groups in total. The molecule has 2 aliphatic heterocycles. The van der Waals surface area contributed by atoms with E-state index in [-0.39, 0.29) is 5.54 Å². The van der Waals surface area contributed by atoms with Gasteiger partial charge in [-0.15, -0.1) is 0 Å². The van der Waals surface area contributed by atoms with Crippen LogP contribution in [-0.4, -0.2) is 11.4 Å². The van der Waals surface area contributed by atoms with Gasteiger partial charge in [-0.1, -0.05) is 42.8 Å². The first-order valence-electron chi connectivity index (χ1n) is 6.43. The molecule has 3 rings (SSSR count). The molecule has 17 heavy (non-hydrogen) atoms. The van der Waals surface area contributed by atoms with Gasteiger partial charge >= 0.3 is 0 Å². The summed E-state index contributed by atoms with van der Waals surface area (Å²) in [7, 11) is 0. The minimum atomic E-state index is 0.287. The molecule has 1 atom stereocenters. The van der Waals surface area contributed by atoms with Gasteiger partial charge in [0.1, 0.15) is 0 Å². The van der Waals surface area contributed by atoms with Crippen LogP contribution in [0.25, 0.3) is 5.70 Å². The van der Waals surface area contributed by atoms with E-state index in [9.17, 15) is 0 Å². The van der Waals surface area contributed by atoms with Crippen molar-refractivity contribution in [3.05, 3.63) is 53.1 Å². The highest BCUT2D eigenvalue weighted by Gasteiger charge is 2.56. The van der Waals surface area contributed by atoms with Crippen LogP contribution in [0.2, 0.25) is 0 Å². The average molecular weight is 225 g/mol. The predicted molar refractivity (Wildman–Crippen MR) is 72.5 cm³/mol. The second-order valence-electron chi connectivity index (χ2n) is 5.29. The Labute approximate surface area is 103 Å². The molecule has 1 nitrogen and oxygen atoms in total. The predicted octanol–water partition coefficient (Wildman–Crippen LogP) is 3.93. The number of hydrogen-bond acceptors (Lipinski definition) is 1. The molecule has 0 radical (unpaired) electrons. The maximum Gasteiger partial charge on any atom is 0.0808 e. The van der Waals surface area contributed by atoms with E-state index >= 15 is 0 Å². The van der Waals surface area contributed by atoms with Crippen LogP contribution in [0.15, 0.2) is 42.0 Å². The molecule has 1 saturated heterocycles. The lowest BCUT2D eigenvalue weighted by Gasteiger charge is -2.06. The fourth-order valence-electron chi connectivity index (χ4n) is 2.93. The Hall–Kier alpha value is -1.50. The Morgan fingerprint density at radius 2 is 2.18 bits per heavy atom. The first kappa shape index (κ1) is 10.6. The van der Waals surface area contributed by atoms with Crippen molar-refractivity contribution in [2.45, 2.75) is 32.7 Å². The van der Waals surface area contributed by atoms with Crippen LogP contribution in [0.1, 0.15) is 38.3 Å². The summed E-state index contributed by atoms with van der Waals surface area (Å²) in [6.45, 7) is 7.89. The average Bonchev–Trinajstić information content (AvgIpc) is 2.94. The van der Waals surface area contributed by atoms with Crippen molar-refractivity contribution in [3.63, 3.8) is 0 Å². The third-order valence-corrected chi connectivity index (χ3v) is 3.92. The van der Waals surface area contributed by atoms with Crippen molar-refractivity contribution < 1.29 is 0 Å². The Morgan fingerprint density at radius 3 is 2.94 bits per heavy atom. The van der Waals surface area contributed by atoms with Gasteiger partial charge in [0.05, 0.1) is 5.54 Å². The van der Waals surface area contributed by atoms with E-state index in [4.69, 9.17) is 0 Å². The van der Waals surface area contributed by atoms with Crippen molar-refractivity contribution in [2.24, 2.45) is 0 Å². The highest BCUT2D eigenvalue weighted by molar-refractivity contribution is 5.79. The van der Waals surface area contributed by atoms with Gasteiger partial charge in [0.2, 0.25) is 0 Å². The van der Waals surface area contributed by atoms with E-state index in [0.717, 1.165) is 6.42 Å². The summed E-state index contributed by atoms with van der Waals surface area (Å²) >= 11 is 0. The largest absolute Gasteiger partial charge is 0.357 e. The van der Waals surface area contributed by atoms with Crippen LogP contribution >= 0.6 is 0 Å². The zero-order valence-corrected chi connectivity index (χ0v) is 10.8. The standard InChI is InChI=1S/C16H19N/c1-4-7-12(2)10-15-13-8-5-6-9-14(13)16(3)11-17(15)16/h5-10H,4,11H2,1-3H3/b12-7-,15-10-/t16-,17?/m0/s1. The zero-order valence-electron chi connectivity index (χ0n) is 10.8. The number of fused-ring (bicyclic) bond motifs is 3. The van der Waals surface area contributed by atoms with Gasteiger partial charge in [-0.05, 0) is 31.9 Å². The lowest BCUT2D eigenvalue weighted by Crippen LogP contribution is -2.02. The molecule has 0 amide bonds. The molecule has 88 valence electrons. The third-order valence-electron chi connectivity index (χ3n) is 3.92. The van der Waals surface area contributed by atoms with E-state index in [1.54, 1.807) is 0 Å². The van der Waals surface area contributed by atoms with Crippen molar-refractivity contribution in [2.75, 3.05) is 6.54 Å². The van der Waals surface area contributed by atoms with E-state index < -0.39 is 0 Å². The first-order chi connectivity index (χ1) is 8.16. The molecular formula is C16H19N. The summed E-state index contributed by atoms with van der Waals surface area (Å²) in [4.78, 5) is 2.50. The Morgan fingerprint density at radius 1 is 1.41 bits per heavy atom. The maximum atomic E-state index is 2.50. The summed E-state index contributed by atoms with van der Waals surface area (Å²) in [5, 5.41) is 0. The summed E-state index contributed by atoms with van der Waals surface area (Å²) in [6.07, 6.45) is 5.73. The van der Waals surface area contributed by atoms with E-state index in [1.807, 2.05) is 0 Å². The molecule has 0 spiro atoms. The SMILES string of the molecule is CC/C=C(C)\C=C1\c2ccccc2[C@]2(C)CN12. The van der Waals surface area contributed by atoms with E-state index in [2.05, 4.69) is 62.1 Å². The van der Waals surface area contributed by atoms with Gasteiger partial charge in [-0.25, -0.2) is 0 Å². The van der Waals surface area contributed by atoms with Crippen LogP contribution in [0.4, 0.5) is 0 Å². The monoisotopic (exact) mass is 225 g/mol. The van der Waals surface area contributed by atoms with Crippen molar-refractivity contribution in [1.82, 2.24) is 4.90 Å². The van der Waals surface area contributed by atoms with Crippen LogP contribution < -0.4 is 0 Å². The summed E-state index contributed by atoms with van der Waals surface area (Å²) in [5.41, 5.74) is 5.98. The highest BCUT2D eigenvalue weighted by Crippen LogP contribution is 2.56. The zero-order chi connectivity index (χ0) is 12.0. The smallest absolute Gasteiger partial charge is 0.0808 e. The highest BCUT2D eigenvalue weighted by atomic mass is 15.4. The molecule has 1 fully saturated rings. The van der Waals surface area contributed by atoms with Gasteiger partial charge in [-0.2, -0.15) is 0 Å². The number of nitrogens with zero attached hydrogens (tertiary/aromatic N) is 1. The molecule has 0 aromatic heterocycles. The topological polar surface area (TPSA) is 3.01 Å². The number of rotatable bonds is 2. The van der Waals surface area contributed by atoms with Crippen molar-refractivity contribution >= 4 is 5.70 Å². The molecule has 2 aliphatic rings. The van der Waals surface area contributed by atoms with Crippen LogP contribution in [0.3, 0.4) is 0 Å². The van der Waals surface area contributed by atoms with Crippen LogP contribution in [0.5, 0.6) is 0 Å². The Kier molecular flexibility index (Phi) is 2.19. The van der Waals surface area contributed by atoms with Crippen LogP contribution in [-0.2, 0) is 5.54 Å². The van der Waals surface area contributed by atoms with Gasteiger partial charge in [0.15, 0.2) is 0 Å². The van der Waals surface area contributed by atoms with Crippen LogP contribution in [0, 0.1) is 0 Å². The van der Waals surface area contributed by atoms with Gasteiger partial charge in [0.25, 0.3) is 0 Å². The number of benzene rings is 1. The fourth-order valence-corrected chi connectivity index (χ4v) is 2.93. The molecule has 0 aliphatic carbocycles. The normalized spacial score (nSPS) is 28.3. The maximum absolute atomic E-state index is 2.50. The Balaban J connectivity index is 2.07. The van der Waals surface area contributed by atoms with Gasteiger partial charge in [-0.3, -0.25) is 0 Å². The van der Waals surface area contributed by atoms with E-state index in [1.165, 1.54) is 28.9 Å². The quantitative estimate of drug-likeness (QED) is 0.689. The minimum absolute atomic E-state index is 0.287. The fraction of sp³-hybridized carbons (Fsp3) is 0.375. The molecular weight excluding hydrogens is 206 g/mol. The lowest BCUT2D eigenvalue weighted by molar-refractivity contribution is 0.608. The first-order valence-corrected chi connectivity index (χ1v) is 6.43. The molecule has 2 heterocycles. The van der Waals surface area contributed by atoms with Gasteiger partial charge in [0, 0.05) is 17.8 Å². The molecule has 0 bridgehead atoms. The summed E-state index contributed by atoms with van der Waals surface area (Å²) in [5.74, 6) is 0. The molecule has 0 saturated carbocycles. The summed E-state index contributed by atoms with van der Waals surface area (Å²) in [6, 6.07) is 8.81. The molecule has 1 aromatic carbocycles. The summed E-state index contributed by atoms with van der Waals surface area (Å²) < 4.78 is 0. The second-order valence-corrected chi connectivity index (χ2v) is 5.29. The van der Waals surface area contributed by atoms with Crippen molar-refractivity contribution in [1.29, 1.82) is 0 Å². The second kappa shape index (κ2) is 3.49. The lowest BCUT2D eigenvalue weighted by atomic mass is 9.96. The molecule has 0 unspecified atom stereocenters. The number of hydrogen-bond donors (Lipinski definition) is 0. The van der Waals surface area contributed by atoms with E-state index in [0.29, 0.717) is 0 Å². The Bertz CT molecular complexity index is 524. The number of allylic oxidation sites excluding steroid dienone is 3.